The van der Waals surface area contributed by atoms with E-state index in [4.69, 9.17) is 10.5 Å². The molecule has 2 atom stereocenters. The highest BCUT2D eigenvalue weighted by molar-refractivity contribution is 5.86. The lowest BCUT2D eigenvalue weighted by Crippen LogP contribution is -2.55. The van der Waals surface area contributed by atoms with Crippen LogP contribution in [0.25, 0.3) is 0 Å². The zero-order valence-corrected chi connectivity index (χ0v) is 16.1. The lowest BCUT2D eigenvalue weighted by Gasteiger charge is -2.39. The Hall–Kier alpha value is -1.63. The second kappa shape index (κ2) is 8.84. The number of hydrogen-bond donors (Lipinski definition) is 2. The molecule has 0 radical (unpaired) electrons. The van der Waals surface area contributed by atoms with E-state index in [1.54, 1.807) is 11.9 Å². The highest BCUT2D eigenvalue weighted by atomic mass is 35.5. The van der Waals surface area contributed by atoms with Crippen molar-refractivity contribution in [1.82, 2.24) is 10.2 Å². The largest absolute Gasteiger partial charge is 0.356 e. The van der Waals surface area contributed by atoms with Gasteiger partial charge in [-0.25, -0.2) is 0 Å². The monoisotopic (exact) mass is 381 g/mol. The molecular formula is C19H28ClN3O3. The summed E-state index contributed by atoms with van der Waals surface area (Å²) >= 11 is 0. The Morgan fingerprint density at radius 2 is 1.88 bits per heavy atom. The normalized spacial score (nSPS) is 29.0. The van der Waals surface area contributed by atoms with Crippen molar-refractivity contribution >= 4 is 24.2 Å². The molecule has 1 heterocycles. The number of nitrogens with one attached hydrogen (secondary N) is 1. The maximum atomic E-state index is 12.9. The van der Waals surface area contributed by atoms with Gasteiger partial charge in [0.05, 0.1) is 6.04 Å². The summed E-state index contributed by atoms with van der Waals surface area (Å²) in [5, 5.41) is 3.11. The summed E-state index contributed by atoms with van der Waals surface area (Å²) in [6.45, 7) is 1.92. The van der Waals surface area contributed by atoms with Gasteiger partial charge in [-0.2, -0.15) is 0 Å². The van der Waals surface area contributed by atoms with Crippen LogP contribution in [0.15, 0.2) is 24.3 Å². The van der Waals surface area contributed by atoms with Gasteiger partial charge in [0.1, 0.15) is 6.61 Å². The predicted octanol–water partition coefficient (Wildman–Crippen LogP) is 1.70. The Kier molecular flexibility index (Phi) is 7.03. The van der Waals surface area contributed by atoms with Crippen LogP contribution in [-0.4, -0.2) is 48.6 Å². The Balaban J connectivity index is 0.00000243. The summed E-state index contributed by atoms with van der Waals surface area (Å²) in [7, 11) is 1.74. The van der Waals surface area contributed by atoms with E-state index in [9.17, 15) is 9.59 Å². The average Bonchev–Trinajstić information content (AvgIpc) is 2.60. The summed E-state index contributed by atoms with van der Waals surface area (Å²) < 4.78 is 5.68. The summed E-state index contributed by atoms with van der Waals surface area (Å²) in [6.07, 6.45) is 2.94. The first-order chi connectivity index (χ1) is 12.0. The fourth-order valence-electron chi connectivity index (χ4n) is 3.77. The van der Waals surface area contributed by atoms with Crippen LogP contribution >= 0.6 is 12.4 Å². The van der Waals surface area contributed by atoms with E-state index in [0.29, 0.717) is 0 Å². The zero-order valence-electron chi connectivity index (χ0n) is 15.3. The smallest absolute Gasteiger partial charge is 0.251 e. The molecule has 1 aliphatic carbocycles. The van der Waals surface area contributed by atoms with Gasteiger partial charge in [-0.05, 0) is 43.7 Å². The van der Waals surface area contributed by atoms with Crippen molar-refractivity contribution in [2.45, 2.75) is 56.8 Å². The van der Waals surface area contributed by atoms with Crippen LogP contribution in [0.4, 0.5) is 0 Å². The molecule has 1 aromatic carbocycles. The van der Waals surface area contributed by atoms with Gasteiger partial charge in [0.2, 0.25) is 5.91 Å². The van der Waals surface area contributed by atoms with Crippen LogP contribution in [0, 0.1) is 6.92 Å². The number of amides is 2. The third-order valence-electron chi connectivity index (χ3n) is 5.37. The molecule has 0 unspecified atom stereocenters. The number of halogens is 1. The first-order valence-electron chi connectivity index (χ1n) is 8.96. The summed E-state index contributed by atoms with van der Waals surface area (Å²) in [4.78, 5) is 26.7. The summed E-state index contributed by atoms with van der Waals surface area (Å²) in [5.41, 5.74) is 7.93. The Morgan fingerprint density at radius 3 is 2.54 bits per heavy atom. The molecule has 1 aliphatic heterocycles. The highest BCUT2D eigenvalue weighted by Gasteiger charge is 2.41. The van der Waals surface area contributed by atoms with E-state index in [1.807, 2.05) is 31.2 Å². The molecule has 2 amide bonds. The van der Waals surface area contributed by atoms with Gasteiger partial charge in [-0.15, -0.1) is 12.4 Å². The first kappa shape index (κ1) is 20.7. The fourth-order valence-corrected chi connectivity index (χ4v) is 3.77. The lowest BCUT2D eigenvalue weighted by atomic mass is 9.90. The number of carbonyl (C=O) groups is 2. The molecule has 0 bridgehead atoms. The van der Waals surface area contributed by atoms with Crippen molar-refractivity contribution in [1.29, 1.82) is 0 Å². The Labute approximate surface area is 160 Å². The van der Waals surface area contributed by atoms with Crippen molar-refractivity contribution in [2.24, 2.45) is 5.73 Å². The first-order valence-corrected chi connectivity index (χ1v) is 8.96. The minimum Gasteiger partial charge on any atom is -0.356 e. The molecule has 3 rings (SSSR count). The number of nitrogens with two attached hydrogens (primary N) is 1. The van der Waals surface area contributed by atoms with Crippen LogP contribution in [0.1, 0.15) is 42.9 Å². The van der Waals surface area contributed by atoms with Gasteiger partial charge in [0, 0.05) is 19.1 Å². The van der Waals surface area contributed by atoms with Gasteiger partial charge in [0.15, 0.2) is 6.10 Å². The number of carbonyl (C=O) groups excluding carboxylic acids is 2. The van der Waals surface area contributed by atoms with E-state index in [0.717, 1.165) is 36.8 Å². The van der Waals surface area contributed by atoms with Gasteiger partial charge < -0.3 is 20.7 Å². The van der Waals surface area contributed by atoms with Gasteiger partial charge >= 0.3 is 0 Å². The third kappa shape index (κ3) is 4.37. The number of hydrogen-bond acceptors (Lipinski definition) is 4. The number of ether oxygens (including phenoxy) is 1. The topological polar surface area (TPSA) is 84.7 Å². The van der Waals surface area contributed by atoms with Crippen LogP contribution in [0.3, 0.4) is 0 Å². The Morgan fingerprint density at radius 1 is 1.23 bits per heavy atom. The number of morpholine rings is 1. The number of likely N-dealkylation sites (N-methyl/N-ethyl adjacent to an activating group) is 1. The molecule has 3 N–H and O–H groups in total. The third-order valence-corrected chi connectivity index (χ3v) is 5.37. The van der Waals surface area contributed by atoms with Gasteiger partial charge in [0.25, 0.3) is 5.91 Å². The Bertz CT molecular complexity index is 647. The average molecular weight is 382 g/mol. The molecule has 0 aromatic heterocycles. The second-order valence-corrected chi connectivity index (χ2v) is 7.16. The van der Waals surface area contributed by atoms with Crippen LogP contribution in [-0.2, 0) is 14.3 Å². The van der Waals surface area contributed by atoms with Crippen molar-refractivity contribution in [3.63, 3.8) is 0 Å². The molecule has 1 aromatic rings. The number of benzene rings is 1. The highest BCUT2D eigenvalue weighted by Crippen LogP contribution is 2.31. The molecule has 0 spiro atoms. The molecule has 144 valence electrons. The molecule has 26 heavy (non-hydrogen) atoms. The standard InChI is InChI=1S/C19H27N3O3.ClH/c1-12-5-3-4-6-15(12)17-18(25-11-16(23)22(17)2)19(24)21-14-9-7-13(20)8-10-14;/h3-6,13-14,17-18H,7-11,20H2,1-2H3,(H,21,24);1H/t13?,14?,17-,18+;/m1./s1. The van der Waals surface area contributed by atoms with Crippen LogP contribution < -0.4 is 11.1 Å². The fraction of sp³-hybridized carbons (Fsp3) is 0.579. The predicted molar refractivity (Wildman–Crippen MR) is 102 cm³/mol. The van der Waals surface area contributed by atoms with Crippen LogP contribution in [0.2, 0.25) is 0 Å². The summed E-state index contributed by atoms with van der Waals surface area (Å²) in [6, 6.07) is 7.78. The number of rotatable bonds is 3. The number of aryl methyl sites for hydroxylation is 1. The molecular weight excluding hydrogens is 354 g/mol. The van der Waals surface area contributed by atoms with Gasteiger partial charge in [-0.1, -0.05) is 24.3 Å². The maximum absolute atomic E-state index is 12.9. The van der Waals surface area contributed by atoms with E-state index in [1.165, 1.54) is 0 Å². The van der Waals surface area contributed by atoms with Gasteiger partial charge in [-0.3, -0.25) is 9.59 Å². The SMILES string of the molecule is Cc1ccccc1[C@@H]1[C@@H](C(=O)NC2CCC(N)CC2)OCC(=O)N1C.Cl. The number of nitrogens with zero attached hydrogens (tertiary/aromatic N) is 1. The van der Waals surface area contributed by atoms with Crippen molar-refractivity contribution in [2.75, 3.05) is 13.7 Å². The molecule has 6 nitrogen and oxygen atoms in total. The maximum Gasteiger partial charge on any atom is 0.251 e. The van der Waals surface area contributed by atoms with Crippen LogP contribution in [0.5, 0.6) is 0 Å². The lowest BCUT2D eigenvalue weighted by molar-refractivity contribution is -0.162. The van der Waals surface area contributed by atoms with E-state index >= 15 is 0 Å². The zero-order chi connectivity index (χ0) is 18.0. The molecule has 1 saturated carbocycles. The minimum absolute atomic E-state index is 0. The van der Waals surface area contributed by atoms with Crippen molar-refractivity contribution in [3.05, 3.63) is 35.4 Å². The molecule has 1 saturated heterocycles. The molecule has 7 heteroatoms. The van der Waals surface area contributed by atoms with E-state index < -0.39 is 12.1 Å². The molecule has 2 aliphatic rings. The summed E-state index contributed by atoms with van der Waals surface area (Å²) in [5.74, 6) is -0.256. The van der Waals surface area contributed by atoms with Crippen molar-refractivity contribution in [3.8, 4) is 0 Å². The van der Waals surface area contributed by atoms with Crippen molar-refractivity contribution < 1.29 is 14.3 Å². The minimum atomic E-state index is -0.695. The van der Waals surface area contributed by atoms with E-state index in [-0.39, 0.29) is 42.9 Å². The second-order valence-electron chi connectivity index (χ2n) is 7.16. The quantitative estimate of drug-likeness (QED) is 0.834. The van der Waals surface area contributed by atoms with E-state index in [2.05, 4.69) is 5.32 Å². The molecule has 2 fully saturated rings.